The van der Waals surface area contributed by atoms with Crippen LogP contribution in [0.3, 0.4) is 0 Å². The molecule has 0 atom stereocenters. The quantitative estimate of drug-likeness (QED) is 0.533. The van der Waals surface area contributed by atoms with Gasteiger partial charge in [-0.3, -0.25) is 4.18 Å². The van der Waals surface area contributed by atoms with Gasteiger partial charge in [0, 0.05) is 0 Å². The van der Waals surface area contributed by atoms with Gasteiger partial charge in [0.2, 0.25) is 0 Å². The SMILES string of the molecule is CS(=O)(=O)OCCOC1CCC1.OCCOC1CCC1. The second kappa shape index (κ2) is 9.68. The van der Waals surface area contributed by atoms with E-state index in [-0.39, 0.29) is 13.2 Å². The highest BCUT2D eigenvalue weighted by Gasteiger charge is 2.17. The fourth-order valence-electron chi connectivity index (χ4n) is 1.69. The largest absolute Gasteiger partial charge is 0.394 e. The number of rotatable bonds is 8. The smallest absolute Gasteiger partial charge is 0.264 e. The maximum atomic E-state index is 10.5. The summed E-state index contributed by atoms with van der Waals surface area (Å²) >= 11 is 0. The number of hydrogen-bond acceptors (Lipinski definition) is 6. The van der Waals surface area contributed by atoms with Crippen molar-refractivity contribution in [1.82, 2.24) is 0 Å². The zero-order chi connectivity index (χ0) is 14.8. The van der Waals surface area contributed by atoms with Crippen LogP contribution in [0.4, 0.5) is 0 Å². The van der Waals surface area contributed by atoms with E-state index in [9.17, 15) is 8.42 Å². The van der Waals surface area contributed by atoms with Gasteiger partial charge in [0.15, 0.2) is 0 Å². The molecule has 0 heterocycles. The zero-order valence-electron chi connectivity index (χ0n) is 12.1. The number of aliphatic hydroxyl groups excluding tert-OH is 1. The van der Waals surface area contributed by atoms with Crippen molar-refractivity contribution in [2.24, 2.45) is 0 Å². The van der Waals surface area contributed by atoms with Gasteiger partial charge in [-0.15, -0.1) is 0 Å². The Kier molecular flexibility index (Phi) is 8.63. The molecule has 0 bridgehead atoms. The van der Waals surface area contributed by atoms with Gasteiger partial charge in [-0.25, -0.2) is 0 Å². The predicted octanol–water partition coefficient (Wildman–Crippen LogP) is 1.08. The van der Waals surface area contributed by atoms with Gasteiger partial charge in [0.05, 0.1) is 44.9 Å². The first-order chi connectivity index (χ1) is 9.51. The van der Waals surface area contributed by atoms with Crippen molar-refractivity contribution in [2.75, 3.05) is 32.7 Å². The number of hydrogen-bond donors (Lipinski definition) is 1. The van der Waals surface area contributed by atoms with Gasteiger partial charge in [0.1, 0.15) is 0 Å². The van der Waals surface area contributed by atoms with Crippen molar-refractivity contribution in [3.63, 3.8) is 0 Å². The van der Waals surface area contributed by atoms with Crippen LogP contribution in [0.15, 0.2) is 0 Å². The molecule has 20 heavy (non-hydrogen) atoms. The standard InChI is InChI=1S/C7H14O4S.C6H12O2/c1-12(8,9)11-6-5-10-7-3-2-4-7;7-4-5-8-6-2-1-3-6/h7H,2-6H2,1H3;6-7H,1-5H2. The van der Waals surface area contributed by atoms with Crippen molar-refractivity contribution < 1.29 is 27.2 Å². The predicted molar refractivity (Wildman–Crippen MR) is 75.1 cm³/mol. The molecule has 2 rings (SSSR count). The van der Waals surface area contributed by atoms with Crippen LogP contribution in [-0.2, 0) is 23.8 Å². The molecule has 0 aromatic carbocycles. The molecule has 0 saturated heterocycles. The second-order valence-corrected chi connectivity index (χ2v) is 6.74. The van der Waals surface area contributed by atoms with Crippen molar-refractivity contribution in [3.8, 4) is 0 Å². The molecular weight excluding hydrogens is 284 g/mol. The monoisotopic (exact) mass is 310 g/mol. The summed E-state index contributed by atoms with van der Waals surface area (Å²) in [6.45, 7) is 1.19. The summed E-state index contributed by atoms with van der Waals surface area (Å²) in [7, 11) is -3.29. The summed E-state index contributed by atoms with van der Waals surface area (Å²) in [5, 5.41) is 8.31. The molecule has 0 unspecified atom stereocenters. The Balaban J connectivity index is 0.000000217. The molecular formula is C13H26O6S. The first-order valence-electron chi connectivity index (χ1n) is 7.19. The fraction of sp³-hybridized carbons (Fsp3) is 1.00. The zero-order valence-corrected chi connectivity index (χ0v) is 12.9. The summed E-state index contributed by atoms with van der Waals surface area (Å²) < 4.78 is 35.9. The average molecular weight is 310 g/mol. The van der Waals surface area contributed by atoms with E-state index in [1.165, 1.54) is 25.7 Å². The Hall–Kier alpha value is -0.210. The molecule has 1 N–H and O–H groups in total. The van der Waals surface area contributed by atoms with Crippen LogP contribution in [0, 0.1) is 0 Å². The van der Waals surface area contributed by atoms with Crippen LogP contribution >= 0.6 is 0 Å². The summed E-state index contributed by atoms with van der Waals surface area (Å²) in [4.78, 5) is 0. The van der Waals surface area contributed by atoms with Crippen molar-refractivity contribution in [3.05, 3.63) is 0 Å². The lowest BCUT2D eigenvalue weighted by molar-refractivity contribution is -0.0138. The highest BCUT2D eigenvalue weighted by Crippen LogP contribution is 2.21. The molecule has 0 aromatic rings. The molecule has 0 amide bonds. The molecule has 2 aliphatic rings. The molecule has 6 nitrogen and oxygen atoms in total. The molecule has 0 aliphatic heterocycles. The Labute approximate surface area is 121 Å². The van der Waals surface area contributed by atoms with Crippen molar-refractivity contribution in [2.45, 2.75) is 50.7 Å². The molecule has 2 fully saturated rings. The van der Waals surface area contributed by atoms with Crippen LogP contribution in [0.1, 0.15) is 38.5 Å². The van der Waals surface area contributed by atoms with Crippen LogP contribution in [0.25, 0.3) is 0 Å². The van der Waals surface area contributed by atoms with Crippen LogP contribution < -0.4 is 0 Å². The van der Waals surface area contributed by atoms with Crippen LogP contribution in [-0.4, -0.2) is 58.4 Å². The first-order valence-corrected chi connectivity index (χ1v) is 9.01. The van der Waals surface area contributed by atoms with Gasteiger partial charge in [-0.2, -0.15) is 8.42 Å². The molecule has 120 valence electrons. The minimum atomic E-state index is -3.29. The first kappa shape index (κ1) is 17.8. The summed E-state index contributed by atoms with van der Waals surface area (Å²) in [6, 6.07) is 0. The van der Waals surface area contributed by atoms with Gasteiger partial charge in [0.25, 0.3) is 10.1 Å². The van der Waals surface area contributed by atoms with E-state index in [0.717, 1.165) is 19.1 Å². The minimum Gasteiger partial charge on any atom is -0.394 e. The Morgan fingerprint density at radius 1 is 0.950 bits per heavy atom. The number of ether oxygens (including phenoxy) is 2. The van der Waals surface area contributed by atoms with Crippen LogP contribution in [0.5, 0.6) is 0 Å². The average Bonchev–Trinajstić information content (AvgIpc) is 2.24. The third-order valence-corrected chi connectivity index (χ3v) is 3.88. The molecule has 2 aliphatic carbocycles. The Bertz CT molecular complexity index is 335. The van der Waals surface area contributed by atoms with E-state index in [0.29, 0.717) is 25.4 Å². The molecule has 0 radical (unpaired) electrons. The topological polar surface area (TPSA) is 82.1 Å². The van der Waals surface area contributed by atoms with E-state index in [4.69, 9.17) is 14.6 Å². The molecule has 2 saturated carbocycles. The van der Waals surface area contributed by atoms with Crippen molar-refractivity contribution in [1.29, 1.82) is 0 Å². The Morgan fingerprint density at radius 3 is 1.80 bits per heavy atom. The van der Waals surface area contributed by atoms with E-state index in [1.54, 1.807) is 0 Å². The normalized spacial score (nSPS) is 19.7. The third-order valence-electron chi connectivity index (χ3n) is 3.28. The maximum Gasteiger partial charge on any atom is 0.264 e. The van der Waals surface area contributed by atoms with Crippen molar-refractivity contribution >= 4 is 10.1 Å². The van der Waals surface area contributed by atoms with Crippen LogP contribution in [0.2, 0.25) is 0 Å². The molecule has 7 heteroatoms. The lowest BCUT2D eigenvalue weighted by Gasteiger charge is -2.25. The second-order valence-electron chi connectivity index (χ2n) is 5.10. The third kappa shape index (κ3) is 8.86. The van der Waals surface area contributed by atoms with Gasteiger partial charge < -0.3 is 14.6 Å². The lowest BCUT2D eigenvalue weighted by Crippen LogP contribution is -2.23. The maximum absolute atomic E-state index is 10.5. The highest BCUT2D eigenvalue weighted by atomic mass is 32.2. The van der Waals surface area contributed by atoms with E-state index >= 15 is 0 Å². The van der Waals surface area contributed by atoms with Gasteiger partial charge >= 0.3 is 0 Å². The van der Waals surface area contributed by atoms with Gasteiger partial charge in [-0.05, 0) is 38.5 Å². The van der Waals surface area contributed by atoms with E-state index in [1.807, 2.05) is 0 Å². The summed E-state index contributed by atoms with van der Waals surface area (Å²) in [5.74, 6) is 0. The lowest BCUT2D eigenvalue weighted by atomic mass is 9.96. The fourth-order valence-corrected chi connectivity index (χ4v) is 2.07. The summed E-state index contributed by atoms with van der Waals surface area (Å²) in [6.07, 6.45) is 8.96. The molecule has 0 aromatic heterocycles. The minimum absolute atomic E-state index is 0.134. The Morgan fingerprint density at radius 2 is 1.45 bits per heavy atom. The van der Waals surface area contributed by atoms with E-state index < -0.39 is 10.1 Å². The van der Waals surface area contributed by atoms with E-state index in [2.05, 4.69) is 4.18 Å². The highest BCUT2D eigenvalue weighted by molar-refractivity contribution is 7.85. The summed E-state index contributed by atoms with van der Waals surface area (Å²) in [5.41, 5.74) is 0. The molecule has 0 spiro atoms. The van der Waals surface area contributed by atoms with Gasteiger partial charge in [-0.1, -0.05) is 0 Å². The number of aliphatic hydroxyl groups is 1.